The van der Waals surface area contributed by atoms with Gasteiger partial charge in [0.25, 0.3) is 0 Å². The van der Waals surface area contributed by atoms with Crippen molar-refractivity contribution in [3.8, 4) is 0 Å². The summed E-state index contributed by atoms with van der Waals surface area (Å²) >= 11 is 0. The zero-order chi connectivity index (χ0) is 14.0. The quantitative estimate of drug-likeness (QED) is 0.841. The van der Waals surface area contributed by atoms with E-state index in [1.54, 1.807) is 0 Å². The Balaban J connectivity index is 2.01. The van der Waals surface area contributed by atoms with Crippen LogP contribution in [0.15, 0.2) is 0 Å². The normalized spacial score (nSPS) is 32.3. The highest BCUT2D eigenvalue weighted by Crippen LogP contribution is 2.38. The molecule has 2 rings (SSSR count). The van der Waals surface area contributed by atoms with Gasteiger partial charge in [0.05, 0.1) is 0 Å². The van der Waals surface area contributed by atoms with Gasteiger partial charge in [0, 0.05) is 37.4 Å². The van der Waals surface area contributed by atoms with Crippen molar-refractivity contribution in [1.82, 2.24) is 4.90 Å². The summed E-state index contributed by atoms with van der Waals surface area (Å²) in [5.41, 5.74) is 5.75. The topological polar surface area (TPSA) is 46.3 Å². The zero-order valence-electron chi connectivity index (χ0n) is 11.6. The molecule has 0 aromatic carbocycles. The fourth-order valence-electron chi connectivity index (χ4n) is 3.41. The number of alkyl halides is 2. The third-order valence-electron chi connectivity index (χ3n) is 4.62. The first-order chi connectivity index (χ1) is 8.94. The molecule has 1 aliphatic heterocycles. The van der Waals surface area contributed by atoms with Crippen LogP contribution in [0.2, 0.25) is 0 Å². The predicted octanol–water partition coefficient (Wildman–Crippen LogP) is 2.54. The molecule has 5 heteroatoms. The maximum atomic E-state index is 13.2. The minimum absolute atomic E-state index is 0.0538. The van der Waals surface area contributed by atoms with E-state index in [-0.39, 0.29) is 36.8 Å². The average molecular weight is 274 g/mol. The minimum Gasteiger partial charge on any atom is -0.336 e. The van der Waals surface area contributed by atoms with Gasteiger partial charge in [-0.1, -0.05) is 0 Å². The van der Waals surface area contributed by atoms with Crippen molar-refractivity contribution in [2.24, 2.45) is 11.7 Å². The second-order valence-corrected chi connectivity index (χ2v) is 6.05. The third kappa shape index (κ3) is 3.25. The third-order valence-corrected chi connectivity index (χ3v) is 4.62. The van der Waals surface area contributed by atoms with Crippen LogP contribution in [-0.4, -0.2) is 35.4 Å². The van der Waals surface area contributed by atoms with Crippen molar-refractivity contribution in [3.63, 3.8) is 0 Å². The monoisotopic (exact) mass is 274 g/mol. The molecule has 2 unspecified atom stereocenters. The summed E-state index contributed by atoms with van der Waals surface area (Å²) in [6.45, 7) is 2.51. The molecule has 1 saturated carbocycles. The first-order valence-corrected chi connectivity index (χ1v) is 7.34. The molecular formula is C14H24F2N2O. The molecule has 0 bridgehead atoms. The number of halogens is 2. The van der Waals surface area contributed by atoms with Gasteiger partial charge in [-0.3, -0.25) is 4.79 Å². The molecule has 19 heavy (non-hydrogen) atoms. The van der Waals surface area contributed by atoms with Crippen molar-refractivity contribution in [2.75, 3.05) is 6.54 Å². The van der Waals surface area contributed by atoms with E-state index in [9.17, 15) is 13.6 Å². The largest absolute Gasteiger partial charge is 0.336 e. The van der Waals surface area contributed by atoms with Gasteiger partial charge in [-0.2, -0.15) is 0 Å². The van der Waals surface area contributed by atoms with E-state index in [1.807, 2.05) is 11.8 Å². The SMILES string of the molecule is CC1CCCC(CN)N1C(=O)C1CCC(F)(F)CC1. The van der Waals surface area contributed by atoms with Crippen LogP contribution >= 0.6 is 0 Å². The van der Waals surface area contributed by atoms with Crippen LogP contribution in [-0.2, 0) is 4.79 Å². The summed E-state index contributed by atoms with van der Waals surface area (Å²) in [6.07, 6.45) is 3.34. The van der Waals surface area contributed by atoms with Crippen LogP contribution in [0.5, 0.6) is 0 Å². The highest BCUT2D eigenvalue weighted by Gasteiger charge is 2.41. The maximum absolute atomic E-state index is 13.2. The van der Waals surface area contributed by atoms with E-state index in [4.69, 9.17) is 5.73 Å². The Morgan fingerprint density at radius 1 is 1.26 bits per heavy atom. The summed E-state index contributed by atoms with van der Waals surface area (Å²) in [5.74, 6) is -2.75. The summed E-state index contributed by atoms with van der Waals surface area (Å²) in [6, 6.07) is 0.288. The fourth-order valence-corrected chi connectivity index (χ4v) is 3.41. The molecule has 2 aliphatic rings. The number of nitrogens with two attached hydrogens (primary N) is 1. The van der Waals surface area contributed by atoms with E-state index in [1.165, 1.54) is 0 Å². The van der Waals surface area contributed by atoms with Crippen LogP contribution in [0, 0.1) is 5.92 Å². The Hall–Kier alpha value is -0.710. The van der Waals surface area contributed by atoms with Gasteiger partial charge in [0.15, 0.2) is 0 Å². The molecule has 0 aromatic heterocycles. The number of rotatable bonds is 2. The lowest BCUT2D eigenvalue weighted by Gasteiger charge is -2.43. The maximum Gasteiger partial charge on any atom is 0.248 e. The van der Waals surface area contributed by atoms with Crippen LogP contribution in [0.3, 0.4) is 0 Å². The first kappa shape index (κ1) is 14.7. The molecule has 2 N–H and O–H groups in total. The number of likely N-dealkylation sites (tertiary alicyclic amines) is 1. The van der Waals surface area contributed by atoms with Gasteiger partial charge in [-0.25, -0.2) is 8.78 Å². The van der Waals surface area contributed by atoms with Crippen LogP contribution in [0.25, 0.3) is 0 Å². The van der Waals surface area contributed by atoms with Crippen LogP contribution in [0.4, 0.5) is 8.78 Å². The number of carbonyl (C=O) groups excluding carboxylic acids is 1. The lowest BCUT2D eigenvalue weighted by Crippen LogP contribution is -2.54. The Morgan fingerprint density at radius 2 is 1.89 bits per heavy atom. The van der Waals surface area contributed by atoms with Crippen molar-refractivity contribution < 1.29 is 13.6 Å². The van der Waals surface area contributed by atoms with Crippen LogP contribution in [0.1, 0.15) is 51.9 Å². The standard InChI is InChI=1S/C14H24F2N2O/c1-10-3-2-4-12(9-17)18(10)13(19)11-5-7-14(15,16)8-6-11/h10-12H,2-9,17H2,1H3. The summed E-state index contributed by atoms with van der Waals surface area (Å²) in [7, 11) is 0. The first-order valence-electron chi connectivity index (χ1n) is 7.34. The lowest BCUT2D eigenvalue weighted by molar-refractivity contribution is -0.146. The molecule has 0 aromatic rings. The van der Waals surface area contributed by atoms with E-state index < -0.39 is 5.92 Å². The molecule has 2 atom stereocenters. The van der Waals surface area contributed by atoms with Gasteiger partial charge < -0.3 is 10.6 Å². The molecule has 1 amide bonds. The molecule has 1 saturated heterocycles. The number of hydrogen-bond donors (Lipinski definition) is 1. The van der Waals surface area contributed by atoms with Gasteiger partial charge in [0.1, 0.15) is 0 Å². The molecule has 3 nitrogen and oxygen atoms in total. The van der Waals surface area contributed by atoms with Gasteiger partial charge in [-0.05, 0) is 39.0 Å². The van der Waals surface area contributed by atoms with E-state index in [0.29, 0.717) is 19.4 Å². The predicted molar refractivity (Wildman–Crippen MR) is 69.9 cm³/mol. The number of piperidine rings is 1. The Labute approximate surface area is 113 Å². The molecule has 2 fully saturated rings. The second kappa shape index (κ2) is 5.73. The van der Waals surface area contributed by atoms with Crippen molar-refractivity contribution in [3.05, 3.63) is 0 Å². The van der Waals surface area contributed by atoms with E-state index >= 15 is 0 Å². The average Bonchev–Trinajstić information content (AvgIpc) is 2.37. The molecule has 0 spiro atoms. The molecule has 1 heterocycles. The van der Waals surface area contributed by atoms with Gasteiger partial charge in [0.2, 0.25) is 11.8 Å². The zero-order valence-corrected chi connectivity index (χ0v) is 11.6. The lowest BCUT2D eigenvalue weighted by atomic mass is 9.84. The number of nitrogens with zero attached hydrogens (tertiary/aromatic N) is 1. The highest BCUT2D eigenvalue weighted by atomic mass is 19.3. The molecule has 1 aliphatic carbocycles. The molecule has 0 radical (unpaired) electrons. The van der Waals surface area contributed by atoms with Crippen molar-refractivity contribution in [1.29, 1.82) is 0 Å². The summed E-state index contributed by atoms with van der Waals surface area (Å²) in [4.78, 5) is 14.5. The number of carbonyl (C=O) groups is 1. The Bertz CT molecular complexity index is 325. The summed E-state index contributed by atoms with van der Waals surface area (Å²) in [5, 5.41) is 0. The second-order valence-electron chi connectivity index (χ2n) is 6.05. The smallest absolute Gasteiger partial charge is 0.248 e. The Morgan fingerprint density at radius 3 is 2.47 bits per heavy atom. The van der Waals surface area contributed by atoms with Crippen molar-refractivity contribution >= 4 is 5.91 Å². The highest BCUT2D eigenvalue weighted by molar-refractivity contribution is 5.79. The van der Waals surface area contributed by atoms with E-state index in [2.05, 4.69) is 0 Å². The molecule has 110 valence electrons. The van der Waals surface area contributed by atoms with Gasteiger partial charge >= 0.3 is 0 Å². The molecular weight excluding hydrogens is 250 g/mol. The van der Waals surface area contributed by atoms with Gasteiger partial charge in [-0.15, -0.1) is 0 Å². The fraction of sp³-hybridized carbons (Fsp3) is 0.929. The minimum atomic E-state index is -2.57. The van der Waals surface area contributed by atoms with E-state index in [0.717, 1.165) is 19.3 Å². The number of amides is 1. The van der Waals surface area contributed by atoms with Crippen LogP contribution < -0.4 is 5.73 Å². The van der Waals surface area contributed by atoms with Crippen molar-refractivity contribution in [2.45, 2.75) is 69.9 Å². The summed E-state index contributed by atoms with van der Waals surface area (Å²) < 4.78 is 26.3. The Kier molecular flexibility index (Phi) is 4.43. The number of hydrogen-bond acceptors (Lipinski definition) is 2.